The minimum absolute atomic E-state index is 0.129. The summed E-state index contributed by atoms with van der Waals surface area (Å²) in [7, 11) is 0. The third kappa shape index (κ3) is 2.61. The summed E-state index contributed by atoms with van der Waals surface area (Å²) in [6.45, 7) is 0. The van der Waals surface area contributed by atoms with Gasteiger partial charge in [0.1, 0.15) is 5.82 Å². The second-order valence-electron chi connectivity index (χ2n) is 4.33. The fraction of sp³-hybridized carbons (Fsp3) is 0.154. The highest BCUT2D eigenvalue weighted by atomic mass is 19.4. The predicted octanol–water partition coefficient (Wildman–Crippen LogP) is 3.12. The van der Waals surface area contributed by atoms with Gasteiger partial charge in [-0.2, -0.15) is 23.4 Å². The van der Waals surface area contributed by atoms with Crippen LogP contribution < -0.4 is 0 Å². The molecule has 20 heavy (non-hydrogen) atoms. The van der Waals surface area contributed by atoms with Crippen molar-refractivity contribution in [3.05, 3.63) is 42.2 Å². The number of rotatable bonds is 2. The number of nitrogens with one attached hydrogen (secondary N) is 1. The van der Waals surface area contributed by atoms with Crippen molar-refractivity contribution in [3.8, 4) is 11.4 Å². The molecule has 0 bridgehead atoms. The van der Waals surface area contributed by atoms with Crippen LogP contribution in [0.2, 0.25) is 0 Å². The average Bonchev–Trinajstić information content (AvgIpc) is 2.80. The largest absolute Gasteiger partial charge is 0.394 e. The van der Waals surface area contributed by atoms with Crippen LogP contribution in [0, 0.1) is 0 Å². The number of imidazole rings is 1. The summed E-state index contributed by atoms with van der Waals surface area (Å²) in [6.07, 6.45) is -4.02. The number of nitrogens with zero attached hydrogens (tertiary/aromatic N) is 3. The van der Waals surface area contributed by atoms with Crippen LogP contribution in [0.1, 0.15) is 5.69 Å². The van der Waals surface area contributed by atoms with E-state index in [9.17, 15) is 13.2 Å². The van der Waals surface area contributed by atoms with E-state index in [1.807, 2.05) is 24.3 Å². The van der Waals surface area contributed by atoms with Crippen LogP contribution in [0.3, 0.4) is 0 Å². The number of hydrogen-bond donors (Lipinski definition) is 1. The van der Waals surface area contributed by atoms with E-state index < -0.39 is 12.6 Å². The van der Waals surface area contributed by atoms with E-state index >= 15 is 0 Å². The number of fused-ring (bicyclic) bond motifs is 1. The Kier molecular flexibility index (Phi) is 2.89. The monoisotopic (exact) mass is 278 g/mol. The number of aromatic amines is 1. The first-order valence-corrected chi connectivity index (χ1v) is 5.85. The SMILES string of the molecule is FC(F)(F)Cc1cc(-c2nc3ccccc3[nH]2)cnn1. The Morgan fingerprint density at radius 3 is 2.70 bits per heavy atom. The highest BCUT2D eigenvalue weighted by Crippen LogP contribution is 2.23. The third-order valence-corrected chi connectivity index (χ3v) is 2.75. The molecule has 3 rings (SSSR count). The fourth-order valence-corrected chi connectivity index (χ4v) is 1.92. The van der Waals surface area contributed by atoms with Gasteiger partial charge in [-0.25, -0.2) is 4.98 Å². The summed E-state index contributed by atoms with van der Waals surface area (Å²) in [4.78, 5) is 7.36. The van der Waals surface area contributed by atoms with Crippen molar-refractivity contribution < 1.29 is 13.2 Å². The van der Waals surface area contributed by atoms with Crippen molar-refractivity contribution in [2.45, 2.75) is 12.6 Å². The molecule has 102 valence electrons. The number of hydrogen-bond acceptors (Lipinski definition) is 3. The number of H-pyrrole nitrogens is 1. The molecule has 1 N–H and O–H groups in total. The van der Waals surface area contributed by atoms with Gasteiger partial charge in [0.2, 0.25) is 0 Å². The average molecular weight is 278 g/mol. The van der Waals surface area contributed by atoms with Gasteiger partial charge in [0.15, 0.2) is 0 Å². The van der Waals surface area contributed by atoms with Gasteiger partial charge < -0.3 is 4.98 Å². The van der Waals surface area contributed by atoms with Gasteiger partial charge in [-0.05, 0) is 18.2 Å². The maximum Gasteiger partial charge on any atom is 0.394 e. The van der Waals surface area contributed by atoms with Crippen molar-refractivity contribution in [3.63, 3.8) is 0 Å². The molecule has 0 spiro atoms. The number of alkyl halides is 3. The second-order valence-corrected chi connectivity index (χ2v) is 4.33. The van der Waals surface area contributed by atoms with Gasteiger partial charge >= 0.3 is 6.18 Å². The normalized spacial score (nSPS) is 11.9. The standard InChI is InChI=1S/C13H9F3N4/c14-13(15,16)6-9-5-8(7-17-20-9)12-18-10-3-1-2-4-11(10)19-12/h1-5,7H,6H2,(H,18,19). The molecule has 2 aromatic heterocycles. The van der Waals surface area contributed by atoms with Gasteiger partial charge in [-0.1, -0.05) is 12.1 Å². The molecule has 0 aliphatic heterocycles. The molecule has 3 aromatic rings. The molecule has 0 amide bonds. The number of para-hydroxylation sites is 2. The van der Waals surface area contributed by atoms with E-state index in [4.69, 9.17) is 0 Å². The lowest BCUT2D eigenvalue weighted by Crippen LogP contribution is -2.13. The van der Waals surface area contributed by atoms with E-state index in [0.717, 1.165) is 11.0 Å². The first-order chi connectivity index (χ1) is 9.51. The number of aromatic nitrogens is 4. The van der Waals surface area contributed by atoms with Crippen molar-refractivity contribution in [1.29, 1.82) is 0 Å². The summed E-state index contributed by atoms with van der Waals surface area (Å²) in [5, 5.41) is 7.10. The van der Waals surface area contributed by atoms with Crippen molar-refractivity contribution in [2.24, 2.45) is 0 Å². The Balaban J connectivity index is 1.99. The van der Waals surface area contributed by atoms with E-state index in [0.29, 0.717) is 11.4 Å². The Morgan fingerprint density at radius 2 is 1.95 bits per heavy atom. The van der Waals surface area contributed by atoms with Crippen LogP contribution in [-0.2, 0) is 6.42 Å². The van der Waals surface area contributed by atoms with Crippen LogP contribution >= 0.6 is 0 Å². The zero-order valence-electron chi connectivity index (χ0n) is 10.1. The van der Waals surface area contributed by atoms with Crippen LogP contribution in [0.5, 0.6) is 0 Å². The zero-order chi connectivity index (χ0) is 14.2. The first-order valence-electron chi connectivity index (χ1n) is 5.85. The molecular formula is C13H9F3N4. The number of halogens is 3. The summed E-state index contributed by atoms with van der Waals surface area (Å²) >= 11 is 0. The Hall–Kier alpha value is -2.44. The molecule has 0 radical (unpaired) electrons. The van der Waals surface area contributed by atoms with Gasteiger partial charge in [0.25, 0.3) is 0 Å². The highest BCUT2D eigenvalue weighted by molar-refractivity contribution is 5.79. The predicted molar refractivity (Wildman–Crippen MR) is 66.9 cm³/mol. The smallest absolute Gasteiger partial charge is 0.338 e. The summed E-state index contributed by atoms with van der Waals surface area (Å²) < 4.78 is 37.1. The molecule has 0 unspecified atom stereocenters. The summed E-state index contributed by atoms with van der Waals surface area (Å²) in [5.41, 5.74) is 1.92. The molecule has 0 aliphatic rings. The molecule has 0 saturated heterocycles. The first kappa shape index (κ1) is 12.6. The third-order valence-electron chi connectivity index (χ3n) is 2.75. The zero-order valence-corrected chi connectivity index (χ0v) is 10.1. The van der Waals surface area contributed by atoms with Crippen molar-refractivity contribution in [2.75, 3.05) is 0 Å². The van der Waals surface area contributed by atoms with Crippen molar-refractivity contribution in [1.82, 2.24) is 20.2 Å². The van der Waals surface area contributed by atoms with Gasteiger partial charge in [-0.15, -0.1) is 0 Å². The summed E-state index contributed by atoms with van der Waals surface area (Å²) in [6, 6.07) is 8.70. The van der Waals surface area contributed by atoms with E-state index in [1.165, 1.54) is 12.3 Å². The minimum Gasteiger partial charge on any atom is -0.338 e. The maximum atomic E-state index is 12.4. The molecule has 0 aliphatic carbocycles. The topological polar surface area (TPSA) is 54.5 Å². The quantitative estimate of drug-likeness (QED) is 0.783. The summed E-state index contributed by atoms with van der Waals surface area (Å²) in [5.74, 6) is 0.476. The molecule has 0 fully saturated rings. The molecule has 1 aromatic carbocycles. The van der Waals surface area contributed by atoms with Gasteiger partial charge in [0.05, 0.1) is 29.3 Å². The van der Waals surface area contributed by atoms with Gasteiger partial charge in [0, 0.05) is 5.56 Å². The lowest BCUT2D eigenvalue weighted by molar-refractivity contribution is -0.127. The molecule has 7 heteroatoms. The van der Waals surface area contributed by atoms with Crippen LogP contribution in [0.15, 0.2) is 36.5 Å². The van der Waals surface area contributed by atoms with Crippen molar-refractivity contribution >= 4 is 11.0 Å². The van der Waals surface area contributed by atoms with Crippen LogP contribution in [0.25, 0.3) is 22.4 Å². The fourth-order valence-electron chi connectivity index (χ4n) is 1.92. The lowest BCUT2D eigenvalue weighted by Gasteiger charge is -2.05. The molecule has 0 saturated carbocycles. The molecule has 2 heterocycles. The van der Waals surface area contributed by atoms with E-state index in [2.05, 4.69) is 20.2 Å². The van der Waals surface area contributed by atoms with E-state index in [-0.39, 0.29) is 5.69 Å². The minimum atomic E-state index is -4.30. The second kappa shape index (κ2) is 4.59. The molecule has 4 nitrogen and oxygen atoms in total. The van der Waals surface area contributed by atoms with E-state index in [1.54, 1.807) is 0 Å². The molecule has 0 atom stereocenters. The van der Waals surface area contributed by atoms with Crippen LogP contribution in [-0.4, -0.2) is 26.3 Å². The number of benzene rings is 1. The van der Waals surface area contributed by atoms with Gasteiger partial charge in [-0.3, -0.25) is 0 Å². The Morgan fingerprint density at radius 1 is 1.15 bits per heavy atom. The Labute approximate surface area is 111 Å². The molecular weight excluding hydrogens is 269 g/mol. The maximum absolute atomic E-state index is 12.4. The van der Waals surface area contributed by atoms with Crippen LogP contribution in [0.4, 0.5) is 13.2 Å². The lowest BCUT2D eigenvalue weighted by atomic mass is 10.2. The Bertz CT molecular complexity index is 715. The highest BCUT2D eigenvalue weighted by Gasteiger charge is 2.28.